The van der Waals surface area contributed by atoms with Gasteiger partial charge in [-0.1, -0.05) is 11.6 Å². The van der Waals surface area contributed by atoms with Gasteiger partial charge in [0.15, 0.2) is 0 Å². The molecule has 0 aliphatic carbocycles. The Hall–Kier alpha value is -2.64. The van der Waals surface area contributed by atoms with Gasteiger partial charge in [-0.3, -0.25) is 14.5 Å². The third kappa shape index (κ3) is 3.80. The second-order valence-electron chi connectivity index (χ2n) is 7.11. The fourth-order valence-corrected chi connectivity index (χ4v) is 4.16. The first-order chi connectivity index (χ1) is 14.0. The van der Waals surface area contributed by atoms with E-state index in [1.807, 2.05) is 4.90 Å². The molecule has 2 fully saturated rings. The van der Waals surface area contributed by atoms with Crippen LogP contribution in [0.1, 0.15) is 6.42 Å². The average Bonchev–Trinajstić information content (AvgIpc) is 3.02. The highest BCUT2D eigenvalue weighted by molar-refractivity contribution is 6.33. The van der Waals surface area contributed by atoms with E-state index in [0.717, 1.165) is 5.69 Å². The third-order valence-electron chi connectivity index (χ3n) is 5.46. The van der Waals surface area contributed by atoms with Crippen molar-refractivity contribution in [2.45, 2.75) is 12.5 Å². The quantitative estimate of drug-likeness (QED) is 0.716. The van der Waals surface area contributed by atoms with Crippen molar-refractivity contribution in [2.75, 3.05) is 43.1 Å². The van der Waals surface area contributed by atoms with Crippen LogP contribution in [0.15, 0.2) is 42.5 Å². The van der Waals surface area contributed by atoms with Crippen LogP contribution < -0.4 is 14.5 Å². The molecule has 0 radical (unpaired) electrons. The zero-order valence-electron chi connectivity index (χ0n) is 16.0. The van der Waals surface area contributed by atoms with Crippen LogP contribution in [0.4, 0.5) is 15.8 Å². The highest BCUT2D eigenvalue weighted by Gasteiger charge is 2.43. The van der Waals surface area contributed by atoms with Gasteiger partial charge in [-0.25, -0.2) is 9.29 Å². The van der Waals surface area contributed by atoms with Gasteiger partial charge in [-0.15, -0.1) is 0 Å². The molecular weight excluding hydrogens is 397 g/mol. The fourth-order valence-electron chi connectivity index (χ4n) is 3.91. The molecule has 2 amide bonds. The Labute approximate surface area is 173 Å². The monoisotopic (exact) mass is 417 g/mol. The summed E-state index contributed by atoms with van der Waals surface area (Å²) in [6.07, 6.45) is 0.152. The summed E-state index contributed by atoms with van der Waals surface area (Å²) in [5.74, 6) is -0.238. The van der Waals surface area contributed by atoms with E-state index < -0.39 is 6.04 Å². The Balaban J connectivity index is 1.44. The molecule has 0 spiro atoms. The number of rotatable bonds is 4. The van der Waals surface area contributed by atoms with Gasteiger partial charge in [0, 0.05) is 31.9 Å². The number of carbonyl (C=O) groups excluding carboxylic acids is 2. The highest BCUT2D eigenvalue weighted by Crippen LogP contribution is 2.33. The molecule has 0 N–H and O–H groups in total. The summed E-state index contributed by atoms with van der Waals surface area (Å²) in [6, 6.07) is 10.8. The van der Waals surface area contributed by atoms with Crippen molar-refractivity contribution in [3.63, 3.8) is 0 Å². The summed E-state index contributed by atoms with van der Waals surface area (Å²) in [4.78, 5) is 31.0. The molecule has 2 aromatic rings. The first-order valence-corrected chi connectivity index (χ1v) is 9.80. The number of methoxy groups -OCH3 is 1. The van der Waals surface area contributed by atoms with Gasteiger partial charge in [0.2, 0.25) is 5.91 Å². The fraction of sp³-hybridized carbons (Fsp3) is 0.333. The van der Waals surface area contributed by atoms with Gasteiger partial charge in [-0.2, -0.15) is 0 Å². The molecule has 8 heteroatoms. The molecule has 0 unspecified atom stereocenters. The summed E-state index contributed by atoms with van der Waals surface area (Å²) in [5, 5.41) is 0.349. The smallest absolute Gasteiger partial charge is 0.251 e. The molecule has 152 valence electrons. The van der Waals surface area contributed by atoms with Crippen LogP contribution in [0, 0.1) is 5.82 Å². The van der Waals surface area contributed by atoms with Crippen LogP contribution in [0.2, 0.25) is 5.02 Å². The molecule has 6 nitrogen and oxygen atoms in total. The maximum atomic E-state index is 13.1. The summed E-state index contributed by atoms with van der Waals surface area (Å²) >= 11 is 6.16. The van der Waals surface area contributed by atoms with Crippen LogP contribution in [0.25, 0.3) is 0 Å². The summed E-state index contributed by atoms with van der Waals surface area (Å²) < 4.78 is 18.3. The largest absolute Gasteiger partial charge is 0.495 e. The van der Waals surface area contributed by atoms with Crippen LogP contribution in [-0.4, -0.2) is 56.0 Å². The van der Waals surface area contributed by atoms with Crippen molar-refractivity contribution in [2.24, 2.45) is 0 Å². The van der Waals surface area contributed by atoms with E-state index in [4.69, 9.17) is 16.3 Å². The van der Waals surface area contributed by atoms with E-state index in [-0.39, 0.29) is 24.1 Å². The van der Waals surface area contributed by atoms with Crippen LogP contribution >= 0.6 is 11.6 Å². The number of benzene rings is 2. The number of nitrogens with zero attached hydrogens (tertiary/aromatic N) is 3. The van der Waals surface area contributed by atoms with Crippen LogP contribution in [-0.2, 0) is 9.59 Å². The molecule has 0 aromatic heterocycles. The van der Waals surface area contributed by atoms with Crippen molar-refractivity contribution in [1.82, 2.24) is 4.90 Å². The van der Waals surface area contributed by atoms with Gasteiger partial charge >= 0.3 is 0 Å². The minimum absolute atomic E-state index is 0.152. The number of carbonyl (C=O) groups is 2. The summed E-state index contributed by atoms with van der Waals surface area (Å²) in [7, 11) is 1.51. The number of ether oxygens (including phenoxy) is 1. The lowest BCUT2D eigenvalue weighted by Gasteiger charge is -2.38. The van der Waals surface area contributed by atoms with E-state index in [1.54, 1.807) is 30.3 Å². The van der Waals surface area contributed by atoms with E-state index in [2.05, 4.69) is 4.90 Å². The molecule has 0 saturated carbocycles. The Morgan fingerprint density at radius 2 is 1.66 bits per heavy atom. The van der Waals surface area contributed by atoms with Gasteiger partial charge in [-0.05, 0) is 42.5 Å². The van der Waals surface area contributed by atoms with E-state index in [1.165, 1.54) is 24.1 Å². The number of hydrogen-bond acceptors (Lipinski definition) is 5. The normalized spacial score (nSPS) is 20.4. The Kier molecular flexibility index (Phi) is 5.43. The number of imide groups is 1. The minimum Gasteiger partial charge on any atom is -0.495 e. The van der Waals surface area contributed by atoms with Crippen molar-refractivity contribution in [3.8, 4) is 5.75 Å². The van der Waals surface area contributed by atoms with E-state index in [0.29, 0.717) is 42.6 Å². The van der Waals surface area contributed by atoms with E-state index >= 15 is 0 Å². The molecule has 2 heterocycles. The minimum atomic E-state index is -0.473. The maximum Gasteiger partial charge on any atom is 0.251 e. The van der Waals surface area contributed by atoms with Crippen LogP contribution in [0.3, 0.4) is 0 Å². The molecule has 2 aromatic carbocycles. The second kappa shape index (κ2) is 8.00. The molecule has 29 heavy (non-hydrogen) atoms. The van der Waals surface area contributed by atoms with E-state index in [9.17, 15) is 14.0 Å². The number of piperazine rings is 1. The predicted molar refractivity (Wildman–Crippen MR) is 109 cm³/mol. The standard InChI is InChI=1S/C21H21ClFN3O3/c1-29-19-7-6-16(12-17(19)22)26-20(27)13-18(21(26)28)25-10-8-24(9-11-25)15-4-2-14(23)3-5-15/h2-7,12,18H,8-11,13H2,1H3/t18-/m1/s1. The van der Waals surface area contributed by atoms with Gasteiger partial charge in [0.1, 0.15) is 11.6 Å². The highest BCUT2D eigenvalue weighted by atomic mass is 35.5. The first-order valence-electron chi connectivity index (χ1n) is 9.43. The topological polar surface area (TPSA) is 53.1 Å². The maximum absolute atomic E-state index is 13.1. The molecule has 4 rings (SSSR count). The average molecular weight is 418 g/mol. The zero-order valence-corrected chi connectivity index (χ0v) is 16.7. The molecular formula is C21H21ClFN3O3. The molecule has 1 atom stereocenters. The lowest BCUT2D eigenvalue weighted by molar-refractivity contribution is -0.123. The molecule has 2 aliphatic rings. The van der Waals surface area contributed by atoms with Crippen LogP contribution in [0.5, 0.6) is 5.75 Å². The SMILES string of the molecule is COc1ccc(N2C(=O)C[C@@H](N3CCN(c4ccc(F)cc4)CC3)C2=O)cc1Cl. The molecule has 2 aliphatic heterocycles. The van der Waals surface area contributed by atoms with Gasteiger partial charge in [0.25, 0.3) is 5.91 Å². The summed E-state index contributed by atoms with van der Waals surface area (Å²) in [6.45, 7) is 2.71. The van der Waals surface area contributed by atoms with Crippen molar-refractivity contribution in [1.29, 1.82) is 0 Å². The van der Waals surface area contributed by atoms with Crippen molar-refractivity contribution >= 4 is 34.8 Å². The number of amides is 2. The lowest BCUT2D eigenvalue weighted by Crippen LogP contribution is -2.52. The summed E-state index contributed by atoms with van der Waals surface area (Å²) in [5.41, 5.74) is 1.41. The Morgan fingerprint density at radius 1 is 1.00 bits per heavy atom. The van der Waals surface area contributed by atoms with Gasteiger partial charge < -0.3 is 9.64 Å². The Bertz CT molecular complexity index is 929. The van der Waals surface area contributed by atoms with Crippen molar-refractivity contribution < 1.29 is 18.7 Å². The zero-order chi connectivity index (χ0) is 20.5. The van der Waals surface area contributed by atoms with Crippen molar-refractivity contribution in [3.05, 3.63) is 53.3 Å². The third-order valence-corrected chi connectivity index (χ3v) is 5.76. The number of anilines is 2. The molecule has 0 bridgehead atoms. The second-order valence-corrected chi connectivity index (χ2v) is 7.51. The first kappa shape index (κ1) is 19.7. The lowest BCUT2D eigenvalue weighted by atomic mass is 10.1. The van der Waals surface area contributed by atoms with Gasteiger partial charge in [0.05, 0.1) is 30.3 Å². The predicted octanol–water partition coefficient (Wildman–Crippen LogP) is 2.94. The number of hydrogen-bond donors (Lipinski definition) is 0. The number of halogens is 2. The molecule has 2 saturated heterocycles. The Morgan fingerprint density at radius 3 is 2.28 bits per heavy atom.